The fourth-order valence-corrected chi connectivity index (χ4v) is 2.60. The van der Waals surface area contributed by atoms with Gasteiger partial charge in [-0.2, -0.15) is 0 Å². The normalized spacial score (nSPS) is 20.8. The van der Waals surface area contributed by atoms with Crippen molar-refractivity contribution in [3.63, 3.8) is 0 Å². The number of nitrogens with zero attached hydrogens (tertiary/aromatic N) is 2. The largest absolute Gasteiger partial charge is 0.316 e. The first kappa shape index (κ1) is 13.0. The molecule has 1 aliphatic heterocycles. The Morgan fingerprint density at radius 1 is 1.53 bits per heavy atom. The van der Waals surface area contributed by atoms with Crippen LogP contribution in [0.2, 0.25) is 0 Å². The van der Waals surface area contributed by atoms with Gasteiger partial charge in [-0.15, -0.1) is 0 Å². The molecule has 2 heterocycles. The van der Waals surface area contributed by atoms with E-state index in [9.17, 15) is 0 Å². The first-order valence-corrected chi connectivity index (χ1v) is 7.03. The van der Waals surface area contributed by atoms with E-state index in [2.05, 4.69) is 50.3 Å². The zero-order valence-electron chi connectivity index (χ0n) is 10.3. The molecule has 1 N–H and O–H groups in total. The van der Waals surface area contributed by atoms with Crippen molar-refractivity contribution in [2.45, 2.75) is 19.4 Å². The maximum Gasteiger partial charge on any atom is 0.0544 e. The summed E-state index contributed by atoms with van der Waals surface area (Å²) in [5, 5.41) is 3.46. The summed E-state index contributed by atoms with van der Waals surface area (Å²) < 4.78 is 1.04. The smallest absolute Gasteiger partial charge is 0.0544 e. The molecule has 0 bridgehead atoms. The highest BCUT2D eigenvalue weighted by Gasteiger charge is 2.15. The fraction of sp³-hybridized carbons (Fsp3) is 0.615. The van der Waals surface area contributed by atoms with Gasteiger partial charge < -0.3 is 10.2 Å². The van der Waals surface area contributed by atoms with Crippen molar-refractivity contribution in [3.8, 4) is 0 Å². The molecule has 1 atom stereocenters. The molecule has 2 rings (SSSR count). The fourth-order valence-electron chi connectivity index (χ4n) is 2.36. The maximum absolute atomic E-state index is 4.41. The summed E-state index contributed by atoms with van der Waals surface area (Å²) in [5.74, 6) is 0.796. The zero-order valence-corrected chi connectivity index (χ0v) is 11.9. The highest BCUT2D eigenvalue weighted by atomic mass is 79.9. The van der Waals surface area contributed by atoms with E-state index in [0.717, 1.165) is 35.7 Å². The van der Waals surface area contributed by atoms with E-state index in [1.165, 1.54) is 19.4 Å². The summed E-state index contributed by atoms with van der Waals surface area (Å²) in [7, 11) is 2.18. The Morgan fingerprint density at radius 2 is 2.41 bits per heavy atom. The van der Waals surface area contributed by atoms with Crippen LogP contribution in [0.1, 0.15) is 18.5 Å². The van der Waals surface area contributed by atoms with E-state index in [1.54, 1.807) is 0 Å². The number of hydrogen-bond acceptors (Lipinski definition) is 3. The first-order chi connectivity index (χ1) is 8.24. The Labute approximate surface area is 112 Å². The first-order valence-electron chi connectivity index (χ1n) is 6.24. The van der Waals surface area contributed by atoms with Gasteiger partial charge in [0.05, 0.1) is 5.69 Å². The van der Waals surface area contributed by atoms with Crippen molar-refractivity contribution in [1.82, 2.24) is 15.2 Å². The lowest BCUT2D eigenvalue weighted by molar-refractivity contribution is 0.235. The molecule has 3 nitrogen and oxygen atoms in total. The summed E-state index contributed by atoms with van der Waals surface area (Å²) in [4.78, 5) is 6.78. The Hall–Kier alpha value is -0.450. The number of nitrogens with one attached hydrogen (secondary N) is 1. The number of pyridine rings is 1. The van der Waals surface area contributed by atoms with Gasteiger partial charge in [0, 0.05) is 23.8 Å². The molecule has 1 unspecified atom stereocenters. The van der Waals surface area contributed by atoms with Crippen LogP contribution in [0.4, 0.5) is 0 Å². The molecule has 0 amide bonds. The molecule has 0 aromatic carbocycles. The minimum atomic E-state index is 0.796. The van der Waals surface area contributed by atoms with Crippen LogP contribution in [0.15, 0.2) is 22.8 Å². The number of piperidine rings is 1. The van der Waals surface area contributed by atoms with E-state index in [1.807, 2.05) is 6.20 Å². The van der Waals surface area contributed by atoms with Gasteiger partial charge in [-0.3, -0.25) is 4.98 Å². The second-order valence-corrected chi connectivity index (χ2v) is 5.79. The lowest BCUT2D eigenvalue weighted by Crippen LogP contribution is -2.36. The molecule has 0 radical (unpaired) electrons. The van der Waals surface area contributed by atoms with Gasteiger partial charge in [0.15, 0.2) is 0 Å². The van der Waals surface area contributed by atoms with Crippen LogP contribution < -0.4 is 5.32 Å². The summed E-state index contributed by atoms with van der Waals surface area (Å²) in [6.07, 6.45) is 4.53. The van der Waals surface area contributed by atoms with Crippen molar-refractivity contribution >= 4 is 15.9 Å². The van der Waals surface area contributed by atoms with Crippen LogP contribution >= 0.6 is 15.9 Å². The van der Waals surface area contributed by atoms with Gasteiger partial charge in [0.1, 0.15) is 0 Å². The minimum absolute atomic E-state index is 0.796. The van der Waals surface area contributed by atoms with E-state index >= 15 is 0 Å². The van der Waals surface area contributed by atoms with E-state index in [0.29, 0.717) is 0 Å². The third kappa shape index (κ3) is 4.37. The maximum atomic E-state index is 4.41. The van der Waals surface area contributed by atoms with E-state index < -0.39 is 0 Å². The third-order valence-electron chi connectivity index (χ3n) is 3.19. The lowest BCUT2D eigenvalue weighted by atomic mass is 9.99. The van der Waals surface area contributed by atoms with E-state index in [4.69, 9.17) is 0 Å². The van der Waals surface area contributed by atoms with Gasteiger partial charge in [-0.25, -0.2) is 0 Å². The van der Waals surface area contributed by atoms with Gasteiger partial charge >= 0.3 is 0 Å². The van der Waals surface area contributed by atoms with Gasteiger partial charge in [0.25, 0.3) is 0 Å². The van der Waals surface area contributed by atoms with Crippen molar-refractivity contribution in [3.05, 3.63) is 28.5 Å². The number of aromatic nitrogens is 1. The summed E-state index contributed by atoms with van der Waals surface area (Å²) in [6, 6.07) is 4.14. The molecule has 1 aliphatic rings. The second-order valence-electron chi connectivity index (χ2n) is 4.88. The Morgan fingerprint density at radius 3 is 3.06 bits per heavy atom. The predicted molar refractivity (Wildman–Crippen MR) is 73.9 cm³/mol. The number of hydrogen-bond donors (Lipinski definition) is 1. The number of halogens is 1. The minimum Gasteiger partial charge on any atom is -0.316 e. The Balaban J connectivity index is 1.79. The molecule has 17 heavy (non-hydrogen) atoms. The Kier molecular flexibility index (Phi) is 4.95. The highest BCUT2D eigenvalue weighted by Crippen LogP contribution is 2.13. The average Bonchev–Trinajstić information content (AvgIpc) is 2.33. The molecule has 1 aromatic heterocycles. The third-order valence-corrected chi connectivity index (χ3v) is 3.66. The molecule has 1 fully saturated rings. The highest BCUT2D eigenvalue weighted by molar-refractivity contribution is 9.10. The lowest BCUT2D eigenvalue weighted by Gasteiger charge is -2.27. The van der Waals surface area contributed by atoms with Crippen molar-refractivity contribution in [2.24, 2.45) is 5.92 Å². The van der Waals surface area contributed by atoms with Crippen molar-refractivity contribution in [1.29, 1.82) is 0 Å². The Bertz CT molecular complexity index is 333. The molecule has 1 aromatic rings. The molecule has 0 aliphatic carbocycles. The molecule has 4 heteroatoms. The van der Waals surface area contributed by atoms with Crippen LogP contribution in [-0.2, 0) is 6.54 Å². The monoisotopic (exact) mass is 297 g/mol. The summed E-state index contributed by atoms with van der Waals surface area (Å²) in [5.41, 5.74) is 1.14. The zero-order chi connectivity index (χ0) is 12.1. The predicted octanol–water partition coefficient (Wildman–Crippen LogP) is 2.28. The van der Waals surface area contributed by atoms with Gasteiger partial charge in [0.2, 0.25) is 0 Å². The van der Waals surface area contributed by atoms with Crippen molar-refractivity contribution in [2.75, 3.05) is 26.7 Å². The topological polar surface area (TPSA) is 28.2 Å². The average molecular weight is 298 g/mol. The number of rotatable bonds is 4. The van der Waals surface area contributed by atoms with E-state index in [-0.39, 0.29) is 0 Å². The molecule has 0 saturated carbocycles. The molecule has 1 saturated heterocycles. The molecular weight excluding hydrogens is 278 g/mol. The van der Waals surface area contributed by atoms with Crippen LogP contribution in [0.25, 0.3) is 0 Å². The van der Waals surface area contributed by atoms with Gasteiger partial charge in [-0.1, -0.05) is 0 Å². The SMILES string of the molecule is CN(Cc1ccc(Br)cn1)CC1CCCNC1. The standard InChI is InChI=1S/C13H20BrN3/c1-17(9-11-3-2-6-15-7-11)10-13-5-4-12(14)8-16-13/h4-5,8,11,15H,2-3,6-7,9-10H2,1H3. The van der Waals surface area contributed by atoms with Crippen LogP contribution in [0, 0.1) is 5.92 Å². The summed E-state index contributed by atoms with van der Waals surface area (Å²) in [6.45, 7) is 4.45. The molecular formula is C13H20BrN3. The molecule has 0 spiro atoms. The van der Waals surface area contributed by atoms with Crippen LogP contribution in [0.3, 0.4) is 0 Å². The van der Waals surface area contributed by atoms with Crippen LogP contribution in [0.5, 0.6) is 0 Å². The second kappa shape index (κ2) is 6.47. The molecule has 94 valence electrons. The quantitative estimate of drug-likeness (QED) is 0.924. The van der Waals surface area contributed by atoms with Crippen molar-refractivity contribution < 1.29 is 0 Å². The summed E-state index contributed by atoms with van der Waals surface area (Å²) >= 11 is 3.41. The van der Waals surface area contributed by atoms with Crippen LogP contribution in [-0.4, -0.2) is 36.6 Å². The van der Waals surface area contributed by atoms with Gasteiger partial charge in [-0.05, 0) is 67.0 Å².